The van der Waals surface area contributed by atoms with Crippen LogP contribution in [0.5, 0.6) is 0 Å². The number of hydrogen-bond donors (Lipinski definition) is 1. The van der Waals surface area contributed by atoms with Crippen LogP contribution in [-0.2, 0) is 6.42 Å². The lowest BCUT2D eigenvalue weighted by Gasteiger charge is -2.23. The maximum atomic E-state index is 13.2. The molecule has 0 aromatic carbocycles. The van der Waals surface area contributed by atoms with E-state index in [0.717, 1.165) is 77.4 Å². The summed E-state index contributed by atoms with van der Waals surface area (Å²) in [5, 5.41) is 4.04. The minimum Gasteiger partial charge on any atom is -0.316 e. The van der Waals surface area contributed by atoms with E-state index in [0.29, 0.717) is 6.54 Å². The molecule has 0 saturated heterocycles. The number of thiazole rings is 1. The summed E-state index contributed by atoms with van der Waals surface area (Å²) in [7, 11) is 0. The van der Waals surface area contributed by atoms with Crippen molar-refractivity contribution in [3.05, 3.63) is 60.6 Å². The van der Waals surface area contributed by atoms with Crippen molar-refractivity contribution >= 4 is 32.6 Å². The van der Waals surface area contributed by atoms with E-state index in [-0.39, 0.29) is 6.42 Å². The topological polar surface area (TPSA) is 66.8 Å². The number of aryl methyl sites for hydroxylation is 1. The number of pyridine rings is 3. The highest BCUT2D eigenvalue weighted by molar-refractivity contribution is 7.21. The van der Waals surface area contributed by atoms with E-state index in [9.17, 15) is 8.78 Å². The Labute approximate surface area is 208 Å². The SMILES string of the molecule is CCCN(CCCc1ccnc(Nc2nc3ccc(-c4ccncc4)nc3s2)c1)CCC(C)(F)F. The summed E-state index contributed by atoms with van der Waals surface area (Å²) in [5.74, 6) is -1.89. The summed E-state index contributed by atoms with van der Waals surface area (Å²) in [6.45, 7) is 5.14. The number of anilines is 2. The van der Waals surface area contributed by atoms with Gasteiger partial charge in [0, 0.05) is 37.1 Å². The van der Waals surface area contributed by atoms with Gasteiger partial charge in [0.1, 0.15) is 16.2 Å². The molecule has 0 aliphatic rings. The minimum atomic E-state index is -2.62. The fourth-order valence-electron chi connectivity index (χ4n) is 3.87. The molecular formula is C26H30F2N6S. The first-order chi connectivity index (χ1) is 16.9. The first kappa shape index (κ1) is 25.1. The van der Waals surface area contributed by atoms with Crippen LogP contribution >= 0.6 is 11.3 Å². The molecule has 35 heavy (non-hydrogen) atoms. The van der Waals surface area contributed by atoms with Crippen molar-refractivity contribution in [1.82, 2.24) is 24.8 Å². The van der Waals surface area contributed by atoms with E-state index in [1.54, 1.807) is 18.6 Å². The molecule has 4 rings (SSSR count). The molecular weight excluding hydrogens is 466 g/mol. The number of fused-ring (bicyclic) bond motifs is 1. The maximum Gasteiger partial charge on any atom is 0.246 e. The summed E-state index contributed by atoms with van der Waals surface area (Å²) < 4.78 is 26.5. The highest BCUT2D eigenvalue weighted by Gasteiger charge is 2.21. The third-order valence-electron chi connectivity index (χ3n) is 5.64. The third kappa shape index (κ3) is 7.47. The van der Waals surface area contributed by atoms with Gasteiger partial charge in [-0.3, -0.25) is 4.98 Å². The predicted octanol–water partition coefficient (Wildman–Crippen LogP) is 6.58. The zero-order valence-corrected chi connectivity index (χ0v) is 20.9. The van der Waals surface area contributed by atoms with E-state index in [2.05, 4.69) is 32.1 Å². The van der Waals surface area contributed by atoms with Crippen molar-refractivity contribution < 1.29 is 8.78 Å². The van der Waals surface area contributed by atoms with Gasteiger partial charge in [-0.15, -0.1) is 0 Å². The van der Waals surface area contributed by atoms with Gasteiger partial charge in [-0.25, -0.2) is 23.7 Å². The fourth-order valence-corrected chi connectivity index (χ4v) is 4.72. The molecule has 4 aromatic heterocycles. The molecule has 184 valence electrons. The van der Waals surface area contributed by atoms with Crippen LogP contribution in [0.3, 0.4) is 0 Å². The van der Waals surface area contributed by atoms with Gasteiger partial charge in [0.15, 0.2) is 5.13 Å². The highest BCUT2D eigenvalue weighted by Crippen LogP contribution is 2.29. The predicted molar refractivity (Wildman–Crippen MR) is 138 cm³/mol. The Balaban J connectivity index is 1.36. The Morgan fingerprint density at radius 1 is 1.00 bits per heavy atom. The molecule has 0 amide bonds. The molecule has 0 aliphatic heterocycles. The first-order valence-corrected chi connectivity index (χ1v) is 12.7. The summed E-state index contributed by atoms with van der Waals surface area (Å²) in [6.07, 6.45) is 7.91. The number of nitrogens with zero attached hydrogens (tertiary/aromatic N) is 5. The number of aromatic nitrogens is 4. The standard InChI is InChI=1S/C26H30F2N6S/c1-3-15-34(17-11-26(2,27)28)16-4-5-19-8-14-30-23(18-19)33-25-32-22-7-6-21(31-24(22)35-25)20-9-12-29-13-10-20/h6-10,12-14,18H,3-5,11,15-17H2,1-2H3,(H,30,32,33). The molecule has 4 heterocycles. The van der Waals surface area contributed by atoms with Gasteiger partial charge in [-0.1, -0.05) is 18.3 Å². The van der Waals surface area contributed by atoms with E-state index in [4.69, 9.17) is 4.98 Å². The van der Waals surface area contributed by atoms with Gasteiger partial charge >= 0.3 is 0 Å². The van der Waals surface area contributed by atoms with Crippen LogP contribution in [0, 0.1) is 0 Å². The Bertz CT molecular complexity index is 1230. The Kier molecular flexibility index (Phi) is 8.30. The van der Waals surface area contributed by atoms with Crippen LogP contribution in [0.2, 0.25) is 0 Å². The number of alkyl halides is 2. The van der Waals surface area contributed by atoms with Gasteiger partial charge in [0.05, 0.1) is 5.69 Å². The molecule has 6 nitrogen and oxygen atoms in total. The largest absolute Gasteiger partial charge is 0.316 e. The average molecular weight is 497 g/mol. The van der Waals surface area contributed by atoms with E-state index >= 15 is 0 Å². The molecule has 0 saturated carbocycles. The number of rotatable bonds is 12. The molecule has 0 aliphatic carbocycles. The zero-order valence-electron chi connectivity index (χ0n) is 20.0. The Morgan fingerprint density at radius 3 is 2.60 bits per heavy atom. The van der Waals surface area contributed by atoms with Crippen molar-refractivity contribution in [2.75, 3.05) is 25.0 Å². The van der Waals surface area contributed by atoms with Gasteiger partial charge in [-0.2, -0.15) is 0 Å². The molecule has 4 aromatic rings. The van der Waals surface area contributed by atoms with Crippen LogP contribution in [-0.4, -0.2) is 50.4 Å². The molecule has 0 bridgehead atoms. The molecule has 0 radical (unpaired) electrons. The number of hydrogen-bond acceptors (Lipinski definition) is 7. The summed E-state index contributed by atoms with van der Waals surface area (Å²) in [5.41, 5.74) is 3.88. The zero-order chi connectivity index (χ0) is 24.7. The van der Waals surface area contributed by atoms with Crippen molar-refractivity contribution in [3.8, 4) is 11.3 Å². The summed E-state index contributed by atoms with van der Waals surface area (Å²) in [6, 6.07) is 11.8. The molecule has 1 N–H and O–H groups in total. The second-order valence-corrected chi connectivity index (χ2v) is 9.69. The lowest BCUT2D eigenvalue weighted by Crippen LogP contribution is -2.30. The smallest absolute Gasteiger partial charge is 0.246 e. The monoisotopic (exact) mass is 496 g/mol. The van der Waals surface area contributed by atoms with Crippen molar-refractivity contribution in [2.24, 2.45) is 0 Å². The molecule has 0 fully saturated rings. The van der Waals surface area contributed by atoms with Crippen LogP contribution in [0.1, 0.15) is 38.7 Å². The fraction of sp³-hybridized carbons (Fsp3) is 0.385. The molecule has 0 atom stereocenters. The summed E-state index contributed by atoms with van der Waals surface area (Å²) in [4.78, 5) is 20.9. The second-order valence-electron chi connectivity index (χ2n) is 8.72. The van der Waals surface area contributed by atoms with Crippen LogP contribution < -0.4 is 5.32 Å². The van der Waals surface area contributed by atoms with Gasteiger partial charge in [0.25, 0.3) is 0 Å². The van der Waals surface area contributed by atoms with Crippen LogP contribution in [0.15, 0.2) is 55.0 Å². The number of halogens is 2. The van der Waals surface area contributed by atoms with Crippen molar-refractivity contribution in [1.29, 1.82) is 0 Å². The van der Waals surface area contributed by atoms with Gasteiger partial charge < -0.3 is 10.2 Å². The molecule has 9 heteroatoms. The highest BCUT2D eigenvalue weighted by atomic mass is 32.1. The van der Waals surface area contributed by atoms with Crippen LogP contribution in [0.4, 0.5) is 19.7 Å². The van der Waals surface area contributed by atoms with Crippen molar-refractivity contribution in [3.63, 3.8) is 0 Å². The third-order valence-corrected chi connectivity index (χ3v) is 6.52. The lowest BCUT2D eigenvalue weighted by atomic mass is 10.1. The van der Waals surface area contributed by atoms with E-state index < -0.39 is 5.92 Å². The van der Waals surface area contributed by atoms with Crippen molar-refractivity contribution in [2.45, 2.75) is 45.5 Å². The quantitative estimate of drug-likeness (QED) is 0.239. The lowest BCUT2D eigenvalue weighted by molar-refractivity contribution is 0.00311. The first-order valence-electron chi connectivity index (χ1n) is 11.9. The normalized spacial score (nSPS) is 11.9. The molecule has 0 spiro atoms. The maximum absolute atomic E-state index is 13.2. The minimum absolute atomic E-state index is 0.0998. The van der Waals surface area contributed by atoms with Gasteiger partial charge in [-0.05, 0) is 81.2 Å². The van der Waals surface area contributed by atoms with E-state index in [1.807, 2.05) is 36.4 Å². The Morgan fingerprint density at radius 2 is 1.83 bits per heavy atom. The summed E-state index contributed by atoms with van der Waals surface area (Å²) >= 11 is 1.48. The second kappa shape index (κ2) is 11.6. The average Bonchev–Trinajstić information content (AvgIpc) is 3.24. The van der Waals surface area contributed by atoms with Crippen LogP contribution in [0.25, 0.3) is 21.6 Å². The number of nitrogens with one attached hydrogen (secondary N) is 1. The van der Waals surface area contributed by atoms with E-state index in [1.165, 1.54) is 11.3 Å². The van der Waals surface area contributed by atoms with Gasteiger partial charge in [0.2, 0.25) is 5.92 Å². The molecule has 0 unspecified atom stereocenters. The Hall–Kier alpha value is -3.04.